The topological polar surface area (TPSA) is 41.6 Å². The Morgan fingerprint density at radius 2 is 2.12 bits per heavy atom. The van der Waals surface area contributed by atoms with Crippen molar-refractivity contribution in [3.05, 3.63) is 28.6 Å². The van der Waals surface area contributed by atoms with E-state index in [0.717, 1.165) is 29.0 Å². The summed E-state index contributed by atoms with van der Waals surface area (Å²) in [6.45, 7) is 7.64. The molecule has 4 nitrogen and oxygen atoms in total. The van der Waals surface area contributed by atoms with E-state index in [1.807, 2.05) is 12.1 Å². The number of thiophene rings is 1. The highest BCUT2D eigenvalue weighted by atomic mass is 32.1. The molecule has 0 radical (unpaired) electrons. The molecule has 1 amide bonds. The van der Waals surface area contributed by atoms with Gasteiger partial charge in [0.1, 0.15) is 5.75 Å². The largest absolute Gasteiger partial charge is 0.493 e. The van der Waals surface area contributed by atoms with Crippen LogP contribution in [-0.4, -0.2) is 42.1 Å². The summed E-state index contributed by atoms with van der Waals surface area (Å²) in [5.74, 6) is 1.68. The van der Waals surface area contributed by atoms with Crippen molar-refractivity contribution in [2.24, 2.45) is 5.92 Å². The molecule has 6 rings (SSSR count). The number of nitrogens with one attached hydrogen (secondary N) is 1. The van der Waals surface area contributed by atoms with E-state index in [0.29, 0.717) is 5.92 Å². The number of carbonyl (C=O) groups excluding carboxylic acids is 1. The summed E-state index contributed by atoms with van der Waals surface area (Å²) >= 11 is 1.61. The Hall–Kier alpha value is -1.59. The Balaban J connectivity index is 1.44. The number of piperidine rings is 3. The third-order valence-corrected chi connectivity index (χ3v) is 7.66. The fourth-order valence-electron chi connectivity index (χ4n) is 4.98. The fraction of sp³-hybridized carbons (Fsp3) is 0.550. The molecule has 132 valence electrons. The van der Waals surface area contributed by atoms with Crippen LogP contribution in [0.3, 0.4) is 0 Å². The van der Waals surface area contributed by atoms with E-state index in [1.54, 1.807) is 11.3 Å². The number of fused-ring (bicyclic) bond motifs is 6. The van der Waals surface area contributed by atoms with Gasteiger partial charge in [-0.25, -0.2) is 0 Å². The maximum absolute atomic E-state index is 13.0. The zero-order valence-corrected chi connectivity index (χ0v) is 15.6. The SMILES string of the molecule is CC1(C)[C@H](NC(=O)c2cc3ccc4c(c3s2)CCO4)C2CCN1CC2. The number of hydrogen-bond donors (Lipinski definition) is 1. The number of nitrogens with zero attached hydrogens (tertiary/aromatic N) is 1. The first-order valence-corrected chi connectivity index (χ1v) is 10.1. The molecule has 5 heterocycles. The predicted octanol–water partition coefficient (Wildman–Crippen LogP) is 3.44. The second-order valence-corrected chi connectivity index (χ2v) is 9.15. The van der Waals surface area contributed by atoms with Crippen LogP contribution in [0.5, 0.6) is 5.75 Å². The highest BCUT2D eigenvalue weighted by Gasteiger charge is 2.48. The molecule has 1 aromatic heterocycles. The van der Waals surface area contributed by atoms with E-state index in [2.05, 4.69) is 30.1 Å². The van der Waals surface area contributed by atoms with Crippen LogP contribution in [-0.2, 0) is 6.42 Å². The molecule has 25 heavy (non-hydrogen) atoms. The molecule has 1 atom stereocenters. The van der Waals surface area contributed by atoms with Crippen LogP contribution in [0.1, 0.15) is 41.9 Å². The van der Waals surface area contributed by atoms with Crippen LogP contribution >= 0.6 is 11.3 Å². The summed E-state index contributed by atoms with van der Waals surface area (Å²) in [5, 5.41) is 4.54. The van der Waals surface area contributed by atoms with Gasteiger partial charge in [-0.15, -0.1) is 11.3 Å². The van der Waals surface area contributed by atoms with Gasteiger partial charge in [-0.1, -0.05) is 0 Å². The molecule has 4 aliphatic heterocycles. The van der Waals surface area contributed by atoms with Crippen LogP contribution < -0.4 is 10.1 Å². The average Bonchev–Trinajstić information content (AvgIpc) is 3.23. The minimum atomic E-state index is 0.0442. The average molecular weight is 356 g/mol. The van der Waals surface area contributed by atoms with Crippen molar-refractivity contribution in [3.8, 4) is 5.75 Å². The minimum Gasteiger partial charge on any atom is -0.493 e. The zero-order valence-electron chi connectivity index (χ0n) is 14.8. The summed E-state index contributed by atoms with van der Waals surface area (Å²) in [4.78, 5) is 16.4. The highest BCUT2D eigenvalue weighted by molar-refractivity contribution is 7.21. The van der Waals surface area contributed by atoms with Crippen LogP contribution in [0.15, 0.2) is 18.2 Å². The maximum Gasteiger partial charge on any atom is 0.261 e. The Kier molecular flexibility index (Phi) is 3.41. The lowest BCUT2D eigenvalue weighted by molar-refractivity contribution is -0.0377. The first-order chi connectivity index (χ1) is 12.0. The maximum atomic E-state index is 13.0. The number of carbonyl (C=O) groups is 1. The lowest BCUT2D eigenvalue weighted by Gasteiger charge is -2.56. The van der Waals surface area contributed by atoms with Gasteiger partial charge in [-0.2, -0.15) is 0 Å². The van der Waals surface area contributed by atoms with Crippen molar-refractivity contribution < 1.29 is 9.53 Å². The molecular formula is C20H24N2O2S. The van der Waals surface area contributed by atoms with E-state index >= 15 is 0 Å². The van der Waals surface area contributed by atoms with Gasteiger partial charge < -0.3 is 10.1 Å². The van der Waals surface area contributed by atoms with Crippen molar-refractivity contribution in [2.45, 2.75) is 44.7 Å². The molecular weight excluding hydrogens is 332 g/mol. The lowest BCUT2D eigenvalue weighted by atomic mass is 9.72. The Morgan fingerprint density at radius 3 is 2.88 bits per heavy atom. The zero-order chi connectivity index (χ0) is 17.2. The Bertz CT molecular complexity index is 849. The Labute approximate surface area is 152 Å². The van der Waals surface area contributed by atoms with Crippen molar-refractivity contribution >= 4 is 27.3 Å². The molecule has 3 fully saturated rings. The van der Waals surface area contributed by atoms with E-state index in [4.69, 9.17) is 4.74 Å². The molecule has 0 spiro atoms. The summed E-state index contributed by atoms with van der Waals surface area (Å²) in [6, 6.07) is 6.39. The number of ether oxygens (including phenoxy) is 1. The van der Waals surface area contributed by atoms with E-state index in [-0.39, 0.29) is 17.5 Å². The summed E-state index contributed by atoms with van der Waals surface area (Å²) in [5.41, 5.74) is 1.31. The number of rotatable bonds is 2. The van der Waals surface area contributed by atoms with Crippen LogP contribution in [0.2, 0.25) is 0 Å². The van der Waals surface area contributed by atoms with Gasteiger partial charge in [-0.05, 0) is 69.3 Å². The van der Waals surface area contributed by atoms with E-state index in [1.165, 1.54) is 36.2 Å². The second kappa shape index (κ2) is 5.45. The van der Waals surface area contributed by atoms with Gasteiger partial charge in [0.2, 0.25) is 0 Å². The quantitative estimate of drug-likeness (QED) is 0.896. The van der Waals surface area contributed by atoms with Crippen LogP contribution in [0, 0.1) is 5.92 Å². The molecule has 3 saturated heterocycles. The first kappa shape index (κ1) is 15.6. The van der Waals surface area contributed by atoms with E-state index < -0.39 is 0 Å². The van der Waals surface area contributed by atoms with Crippen LogP contribution in [0.25, 0.3) is 10.1 Å². The highest BCUT2D eigenvalue weighted by Crippen LogP contribution is 2.40. The van der Waals surface area contributed by atoms with Gasteiger partial charge in [0, 0.05) is 28.3 Å². The first-order valence-electron chi connectivity index (χ1n) is 9.28. The molecule has 1 N–H and O–H groups in total. The van der Waals surface area contributed by atoms with Crippen molar-refractivity contribution in [1.29, 1.82) is 0 Å². The second-order valence-electron chi connectivity index (χ2n) is 8.10. The van der Waals surface area contributed by atoms with Gasteiger partial charge in [0.15, 0.2) is 0 Å². The summed E-state index contributed by atoms with van der Waals surface area (Å²) in [7, 11) is 0. The molecule has 2 bridgehead atoms. The van der Waals surface area contributed by atoms with Crippen molar-refractivity contribution in [2.75, 3.05) is 19.7 Å². The molecule has 4 aliphatic rings. The molecule has 0 aliphatic carbocycles. The molecule has 1 aromatic carbocycles. The third kappa shape index (κ3) is 2.32. The fourth-order valence-corrected chi connectivity index (χ4v) is 6.11. The molecule has 5 heteroatoms. The standard InChI is InChI=1S/C20H24N2O2S/c1-20(2)18(12-5-8-22(20)9-6-12)21-19(23)16-11-13-3-4-15-14(7-10-24-15)17(13)25-16/h3-4,11-12,18H,5-10H2,1-2H3,(H,21,23)/t18-/m1/s1. The van der Waals surface area contributed by atoms with Gasteiger partial charge in [-0.3, -0.25) is 9.69 Å². The van der Waals surface area contributed by atoms with Crippen LogP contribution in [0.4, 0.5) is 0 Å². The van der Waals surface area contributed by atoms with Gasteiger partial charge in [0.25, 0.3) is 5.91 Å². The molecule has 2 aromatic rings. The van der Waals surface area contributed by atoms with Crippen molar-refractivity contribution in [3.63, 3.8) is 0 Å². The summed E-state index contributed by atoms with van der Waals surface area (Å²) in [6.07, 6.45) is 3.35. The molecule has 0 saturated carbocycles. The predicted molar refractivity (Wildman–Crippen MR) is 101 cm³/mol. The third-order valence-electron chi connectivity index (χ3n) is 6.45. The monoisotopic (exact) mass is 356 g/mol. The van der Waals surface area contributed by atoms with Gasteiger partial charge >= 0.3 is 0 Å². The van der Waals surface area contributed by atoms with Gasteiger partial charge in [0.05, 0.1) is 11.5 Å². The smallest absolute Gasteiger partial charge is 0.261 e. The number of amides is 1. The summed E-state index contributed by atoms with van der Waals surface area (Å²) < 4.78 is 6.88. The number of benzene rings is 1. The minimum absolute atomic E-state index is 0.0442. The molecule has 0 unspecified atom stereocenters. The lowest BCUT2D eigenvalue weighted by Crippen LogP contribution is -2.69. The Morgan fingerprint density at radius 1 is 1.32 bits per heavy atom. The van der Waals surface area contributed by atoms with Crippen molar-refractivity contribution in [1.82, 2.24) is 10.2 Å². The number of hydrogen-bond acceptors (Lipinski definition) is 4. The normalized spacial score (nSPS) is 29.4. The van der Waals surface area contributed by atoms with E-state index in [9.17, 15) is 4.79 Å².